The predicted octanol–water partition coefficient (Wildman–Crippen LogP) is 37.1. The summed E-state index contributed by atoms with van der Waals surface area (Å²) in [6, 6.07) is 29.3. The summed E-state index contributed by atoms with van der Waals surface area (Å²) >= 11 is 0. The summed E-state index contributed by atoms with van der Waals surface area (Å²) in [6.45, 7) is 102. The lowest BCUT2D eigenvalue weighted by atomic mass is 9.82. The Morgan fingerprint density at radius 2 is 0.628 bits per heavy atom. The second kappa shape index (κ2) is 77.3. The first kappa shape index (κ1) is 123. The van der Waals surface area contributed by atoms with Crippen LogP contribution in [0.1, 0.15) is 441 Å². The lowest BCUT2D eigenvalue weighted by Crippen LogP contribution is -2.19. The molecule has 1 aliphatic heterocycles. The number of hydrogen-bond acceptors (Lipinski definition) is 3. The van der Waals surface area contributed by atoms with E-state index in [-0.39, 0.29) is 0 Å². The van der Waals surface area contributed by atoms with Crippen molar-refractivity contribution in [3.63, 3.8) is 0 Å². The van der Waals surface area contributed by atoms with Crippen molar-refractivity contribution in [3.8, 4) is 0 Å². The lowest BCUT2D eigenvalue weighted by Gasteiger charge is -2.24. The van der Waals surface area contributed by atoms with Crippen molar-refractivity contribution in [2.45, 2.75) is 432 Å². The van der Waals surface area contributed by atoms with Crippen molar-refractivity contribution in [2.24, 2.45) is 129 Å². The number of rotatable bonds is 19. The molecule has 2 aromatic carbocycles. The Morgan fingerprint density at radius 1 is 0.327 bits per heavy atom. The van der Waals surface area contributed by atoms with Crippen LogP contribution < -0.4 is 0 Å². The summed E-state index contributed by atoms with van der Waals surface area (Å²) in [6.07, 6.45) is 32.4. The van der Waals surface area contributed by atoms with Crippen LogP contribution in [-0.4, -0.2) is 23.2 Å². The first-order valence-electron chi connectivity index (χ1n) is 47.7. The molecule has 7 rings (SSSR count). The fourth-order valence-corrected chi connectivity index (χ4v) is 12.0. The molecule has 3 heteroatoms. The predicted molar refractivity (Wildman–Crippen MR) is 523 cm³/mol. The highest BCUT2D eigenvalue weighted by molar-refractivity contribution is 5.18. The fourth-order valence-electron chi connectivity index (χ4n) is 12.0. The van der Waals surface area contributed by atoms with Crippen LogP contribution in [0.4, 0.5) is 0 Å². The molecule has 4 aromatic rings. The van der Waals surface area contributed by atoms with Crippen LogP contribution in [-0.2, 0) is 17.6 Å². The zero-order chi connectivity index (χ0) is 89.0. The maximum Gasteiger partial charge on any atom is 0.0468 e. The van der Waals surface area contributed by atoms with Gasteiger partial charge in [-0.3, -0.25) is 9.97 Å². The van der Waals surface area contributed by atoms with Crippen LogP contribution in [0.25, 0.3) is 0 Å². The molecular formula is C110H212N2O. The summed E-state index contributed by atoms with van der Waals surface area (Å²) in [5.74, 6) is 18.9. The van der Waals surface area contributed by atoms with Crippen molar-refractivity contribution in [1.29, 1.82) is 0 Å². The first-order valence-corrected chi connectivity index (χ1v) is 47.7. The molecule has 0 radical (unpaired) electrons. The Labute approximate surface area is 716 Å². The standard InChI is InChI=1S/C10H14.C9H13N.C9H18.C9H12.C8H11N.C8H16O.C8H16.C8H18.5C7H16.C6H14/c1-9(2)8-10-6-4-3-5-7-10;1-8(2)6-9-4-3-5-10-7-9;2*1-8(2)9-6-4-3-5-7-9;1-7(2)8-4-3-5-9-6-8;1-7(2)8-3-5-9-6-4-8;1-7(2)8-5-3-4-6-8;1-7(2)6-8(3,4)5;1-6(2)7(3,4)5;1-6(2)5-7(3)4;3*1-5-7(4)6(2)3;1-5(2)6(3)4/h3-7,9H,8H2,1-2H3;3-5,7-8H,6H2,1-2H3;8-9H,3-7H2,1-2H3;3-8H,1-2H3;3-7H,1-2H3;7-8H,3-6H2,1-2H3;7-8H,3-6H2,1-2H3;7H,6H2,1-5H3;6H,1-5H3;4*6-7H,5H2,1-4H3;5-6H,1-4H3/t;;;;;;;;;;2*7-;;/m..........10../s1. The topological polar surface area (TPSA) is 35.0 Å². The van der Waals surface area contributed by atoms with Gasteiger partial charge < -0.3 is 4.74 Å². The number of aromatic nitrogens is 2. The van der Waals surface area contributed by atoms with E-state index < -0.39 is 0 Å². The molecule has 3 nitrogen and oxygen atoms in total. The van der Waals surface area contributed by atoms with Gasteiger partial charge in [-0.2, -0.15) is 0 Å². The SMILES string of the molecule is CC(C)C(C)(C)C.CC(C)C(C)C.CC(C)C1CCCC1.CC(C)C1CCCCC1.CC(C)C1CCOCC1.CC(C)CC(C)(C)C.CC(C)CC(C)C.CC(C)Cc1ccccc1.CC(C)Cc1cccnc1.CC(C)c1ccccc1.CC(C)c1cccnc1.CCC(C)C(C)C.CC[C@@H](C)C(C)C.CC[C@H](C)C(C)C. The third kappa shape index (κ3) is 90.9. The second-order valence-electron chi connectivity index (χ2n) is 42.3. The highest BCUT2D eigenvalue weighted by atomic mass is 16.5. The summed E-state index contributed by atoms with van der Waals surface area (Å²) in [5.41, 5.74) is 6.51. The summed E-state index contributed by atoms with van der Waals surface area (Å²) < 4.78 is 5.25. The van der Waals surface area contributed by atoms with E-state index in [0.29, 0.717) is 22.7 Å². The number of hydrogen-bond donors (Lipinski definition) is 0. The van der Waals surface area contributed by atoms with Gasteiger partial charge in [0.25, 0.3) is 0 Å². The van der Waals surface area contributed by atoms with Crippen LogP contribution in [0, 0.1) is 129 Å². The van der Waals surface area contributed by atoms with Gasteiger partial charge >= 0.3 is 0 Å². The van der Waals surface area contributed by atoms with Gasteiger partial charge in [0.05, 0.1) is 0 Å². The van der Waals surface area contributed by atoms with E-state index in [9.17, 15) is 0 Å². The maximum absolute atomic E-state index is 5.25. The minimum atomic E-state index is 0.500. The largest absolute Gasteiger partial charge is 0.381 e. The quantitative estimate of drug-likeness (QED) is 0.0938. The van der Waals surface area contributed by atoms with Gasteiger partial charge in [-0.15, -0.1) is 0 Å². The third-order valence-corrected chi connectivity index (χ3v) is 23.2. The molecule has 0 N–H and O–H groups in total. The molecule has 2 aliphatic carbocycles. The van der Waals surface area contributed by atoms with E-state index in [2.05, 4.69) is 381 Å². The lowest BCUT2D eigenvalue weighted by molar-refractivity contribution is 0.0523. The Morgan fingerprint density at radius 3 is 0.814 bits per heavy atom. The Hall–Kier alpha value is -3.30. The molecule has 2 saturated carbocycles. The zero-order valence-corrected chi connectivity index (χ0v) is 85.5. The smallest absolute Gasteiger partial charge is 0.0468 e. The van der Waals surface area contributed by atoms with Gasteiger partial charge in [0.1, 0.15) is 0 Å². The van der Waals surface area contributed by atoms with Crippen LogP contribution in [0.3, 0.4) is 0 Å². The Kier molecular flexibility index (Phi) is 84.1. The van der Waals surface area contributed by atoms with Gasteiger partial charge in [-0.25, -0.2) is 0 Å². The first-order chi connectivity index (χ1) is 52.3. The Bertz CT molecular complexity index is 2270. The minimum absolute atomic E-state index is 0.500. The Balaban J connectivity index is -0.000000215. The maximum atomic E-state index is 5.25. The van der Waals surface area contributed by atoms with Gasteiger partial charge in [-0.1, -0.05) is 454 Å². The highest BCUT2D eigenvalue weighted by Gasteiger charge is 2.19. The molecule has 0 spiro atoms. The number of ether oxygens (including phenoxy) is 1. The monoisotopic (exact) mass is 1580 g/mol. The summed E-state index contributed by atoms with van der Waals surface area (Å²) in [5, 5.41) is 0. The van der Waals surface area contributed by atoms with Crippen molar-refractivity contribution >= 4 is 0 Å². The van der Waals surface area contributed by atoms with Gasteiger partial charge in [-0.05, 0) is 214 Å². The van der Waals surface area contributed by atoms with Crippen LogP contribution in [0.2, 0.25) is 0 Å². The molecule has 1 unspecified atom stereocenters. The van der Waals surface area contributed by atoms with Crippen molar-refractivity contribution in [1.82, 2.24) is 9.97 Å². The highest BCUT2D eigenvalue weighted by Crippen LogP contribution is 2.32. The third-order valence-electron chi connectivity index (χ3n) is 23.2. The number of nitrogens with zero attached hydrogens (tertiary/aromatic N) is 2. The second-order valence-corrected chi connectivity index (χ2v) is 42.3. The van der Waals surface area contributed by atoms with E-state index in [1.54, 1.807) is 6.20 Å². The molecule has 0 amide bonds. The van der Waals surface area contributed by atoms with Gasteiger partial charge in [0.2, 0.25) is 0 Å². The van der Waals surface area contributed by atoms with Gasteiger partial charge in [0.15, 0.2) is 0 Å². The van der Waals surface area contributed by atoms with Crippen molar-refractivity contribution in [3.05, 3.63) is 132 Å². The average Bonchev–Trinajstić information content (AvgIpc) is 1.55. The van der Waals surface area contributed by atoms with Crippen LogP contribution in [0.5, 0.6) is 0 Å². The molecule has 1 saturated heterocycles. The molecule has 2 aromatic heterocycles. The van der Waals surface area contributed by atoms with E-state index in [1.807, 2.05) is 36.8 Å². The zero-order valence-electron chi connectivity index (χ0n) is 85.5. The van der Waals surface area contributed by atoms with E-state index in [0.717, 1.165) is 138 Å². The van der Waals surface area contributed by atoms with E-state index in [1.165, 1.54) is 131 Å². The van der Waals surface area contributed by atoms with Crippen LogP contribution in [0.15, 0.2) is 110 Å². The minimum Gasteiger partial charge on any atom is -0.381 e. The molecule has 3 atom stereocenters. The molecule has 0 bridgehead atoms. The molecular weight excluding hydrogens is 1370 g/mol. The molecule has 3 heterocycles. The number of benzene rings is 2. The van der Waals surface area contributed by atoms with Gasteiger partial charge in [0, 0.05) is 38.0 Å². The summed E-state index contributed by atoms with van der Waals surface area (Å²) in [4.78, 5) is 8.04. The molecule has 113 heavy (non-hydrogen) atoms. The van der Waals surface area contributed by atoms with Crippen LogP contribution >= 0.6 is 0 Å². The molecule has 668 valence electrons. The average molecular weight is 1580 g/mol. The molecule has 3 aliphatic rings. The van der Waals surface area contributed by atoms with E-state index in [4.69, 9.17) is 4.74 Å². The van der Waals surface area contributed by atoms with Crippen molar-refractivity contribution < 1.29 is 4.74 Å². The fraction of sp³-hybridized carbons (Fsp3) is 0.800. The molecule has 3 fully saturated rings. The van der Waals surface area contributed by atoms with Crippen molar-refractivity contribution in [2.75, 3.05) is 13.2 Å². The normalized spacial score (nSPS) is 14.5. The number of pyridine rings is 2. The summed E-state index contributed by atoms with van der Waals surface area (Å²) in [7, 11) is 0. The van der Waals surface area contributed by atoms with E-state index >= 15 is 0 Å².